The molecule has 114 valence electrons. The van der Waals surface area contributed by atoms with E-state index in [-0.39, 0.29) is 11.5 Å². The van der Waals surface area contributed by atoms with Crippen LogP contribution < -0.4 is 9.04 Å². The summed E-state index contributed by atoms with van der Waals surface area (Å²) >= 11 is 0. The fraction of sp³-hybridized carbons (Fsp3) is 0.286. The van der Waals surface area contributed by atoms with E-state index in [1.54, 1.807) is 35.9 Å². The Morgan fingerprint density at radius 2 is 2.05 bits per heavy atom. The molecule has 0 aliphatic carbocycles. The summed E-state index contributed by atoms with van der Waals surface area (Å²) in [4.78, 5) is 0.138. The molecule has 0 radical (unpaired) electrons. The van der Waals surface area contributed by atoms with Crippen molar-refractivity contribution in [1.82, 2.24) is 4.57 Å². The first kappa shape index (κ1) is 15.4. The summed E-state index contributed by atoms with van der Waals surface area (Å²) in [6.45, 7) is -0.213. The minimum Gasteiger partial charge on any atom is -0.497 e. The lowest BCUT2D eigenvalue weighted by molar-refractivity contribution is 0.272. The summed E-state index contributed by atoms with van der Waals surface area (Å²) in [7, 11) is 1.02. The van der Waals surface area contributed by atoms with Crippen molar-refractivity contribution in [3.8, 4) is 5.75 Å². The van der Waals surface area contributed by atoms with Gasteiger partial charge in [0, 0.05) is 32.1 Å². The van der Waals surface area contributed by atoms with Crippen molar-refractivity contribution in [3.05, 3.63) is 42.2 Å². The Morgan fingerprint density at radius 3 is 2.62 bits per heavy atom. The Labute approximate surface area is 124 Å². The van der Waals surface area contributed by atoms with E-state index in [4.69, 9.17) is 4.74 Å². The maximum Gasteiger partial charge on any atom is 0.265 e. The van der Waals surface area contributed by atoms with Crippen LogP contribution in [-0.4, -0.2) is 32.2 Å². The largest absolute Gasteiger partial charge is 0.497 e. The third-order valence-corrected chi connectivity index (χ3v) is 5.07. The fourth-order valence-electron chi connectivity index (χ4n) is 1.98. The predicted molar refractivity (Wildman–Crippen MR) is 79.9 cm³/mol. The molecule has 2 aromatic rings. The zero-order valence-corrected chi connectivity index (χ0v) is 13.0. The number of aromatic nitrogens is 1. The first-order valence-corrected chi connectivity index (χ1v) is 7.73. The van der Waals surface area contributed by atoms with Crippen molar-refractivity contribution in [2.75, 3.05) is 18.5 Å². The molecule has 0 atom stereocenters. The number of nitrogens with zero attached hydrogens (tertiary/aromatic N) is 2. The fourth-order valence-corrected chi connectivity index (χ4v) is 3.26. The Balaban J connectivity index is 2.41. The third-order valence-electron chi connectivity index (χ3n) is 3.32. The van der Waals surface area contributed by atoms with Crippen molar-refractivity contribution in [2.45, 2.75) is 11.5 Å². The number of rotatable bonds is 5. The van der Waals surface area contributed by atoms with Gasteiger partial charge in [-0.25, -0.2) is 8.42 Å². The lowest BCUT2D eigenvalue weighted by Gasteiger charge is -2.19. The molecule has 1 aromatic carbocycles. The van der Waals surface area contributed by atoms with E-state index < -0.39 is 10.0 Å². The maximum atomic E-state index is 12.6. The molecule has 6 nitrogen and oxygen atoms in total. The summed E-state index contributed by atoms with van der Waals surface area (Å²) in [5, 5.41) is 9.18. The molecule has 0 aliphatic heterocycles. The summed E-state index contributed by atoms with van der Waals surface area (Å²) in [6, 6.07) is 8.27. The second-order valence-corrected chi connectivity index (χ2v) is 6.58. The van der Waals surface area contributed by atoms with Gasteiger partial charge in [0.25, 0.3) is 10.0 Å². The molecule has 1 heterocycles. The van der Waals surface area contributed by atoms with E-state index in [0.29, 0.717) is 17.1 Å². The van der Waals surface area contributed by atoms with Crippen LogP contribution in [0.2, 0.25) is 0 Å². The van der Waals surface area contributed by atoms with E-state index >= 15 is 0 Å². The van der Waals surface area contributed by atoms with Gasteiger partial charge >= 0.3 is 0 Å². The van der Waals surface area contributed by atoms with Crippen molar-refractivity contribution < 1.29 is 18.3 Å². The number of aryl methyl sites for hydroxylation is 1. The Kier molecular flexibility index (Phi) is 4.24. The normalized spacial score (nSPS) is 11.4. The topological polar surface area (TPSA) is 71.8 Å². The molecule has 21 heavy (non-hydrogen) atoms. The van der Waals surface area contributed by atoms with Gasteiger partial charge in [-0.1, -0.05) is 6.07 Å². The Hall–Kier alpha value is -1.99. The Morgan fingerprint density at radius 1 is 1.33 bits per heavy atom. The van der Waals surface area contributed by atoms with Gasteiger partial charge in [-0.2, -0.15) is 0 Å². The van der Waals surface area contributed by atoms with E-state index in [0.717, 1.165) is 0 Å². The summed E-state index contributed by atoms with van der Waals surface area (Å²) < 4.78 is 33.1. The molecule has 7 heteroatoms. The predicted octanol–water partition coefficient (Wildman–Crippen LogP) is 1.35. The lowest BCUT2D eigenvalue weighted by atomic mass is 10.3. The lowest BCUT2D eigenvalue weighted by Crippen LogP contribution is -2.26. The van der Waals surface area contributed by atoms with Crippen LogP contribution in [0.15, 0.2) is 41.4 Å². The van der Waals surface area contributed by atoms with Gasteiger partial charge in [0.2, 0.25) is 0 Å². The molecule has 1 N–H and O–H groups in total. The standard InChI is InChI=1S/C14H18N2O4S/c1-15-9-14(8-12(15)10-17)21(18,19)16(2)11-5-4-6-13(7-11)20-3/h4-9,17H,10H2,1-3H3. The zero-order valence-electron chi connectivity index (χ0n) is 12.1. The first-order chi connectivity index (χ1) is 9.90. The number of sulfonamides is 1. The molecular weight excluding hydrogens is 292 g/mol. The molecule has 0 saturated heterocycles. The molecule has 0 bridgehead atoms. The molecule has 0 saturated carbocycles. The van der Waals surface area contributed by atoms with Crippen LogP contribution in [0.4, 0.5) is 5.69 Å². The van der Waals surface area contributed by atoms with E-state index in [1.165, 1.54) is 30.7 Å². The number of hydrogen-bond acceptors (Lipinski definition) is 4. The summed E-state index contributed by atoms with van der Waals surface area (Å²) in [6.07, 6.45) is 1.48. The van der Waals surface area contributed by atoms with Crippen LogP contribution in [0.5, 0.6) is 5.75 Å². The molecule has 0 amide bonds. The van der Waals surface area contributed by atoms with Crippen LogP contribution in [0, 0.1) is 0 Å². The number of aliphatic hydroxyl groups is 1. The van der Waals surface area contributed by atoms with Gasteiger partial charge in [0.05, 0.1) is 19.4 Å². The molecule has 1 aromatic heterocycles. The van der Waals surface area contributed by atoms with Crippen LogP contribution >= 0.6 is 0 Å². The second kappa shape index (κ2) is 5.79. The zero-order chi connectivity index (χ0) is 15.6. The number of ether oxygens (including phenoxy) is 1. The number of benzene rings is 1. The van der Waals surface area contributed by atoms with Gasteiger partial charge in [0.1, 0.15) is 10.6 Å². The van der Waals surface area contributed by atoms with Gasteiger partial charge in [-0.3, -0.25) is 4.31 Å². The SMILES string of the molecule is COc1cccc(N(C)S(=O)(=O)c2cc(CO)n(C)c2)c1. The molecular formula is C14H18N2O4S. The highest BCUT2D eigenvalue weighted by molar-refractivity contribution is 7.92. The third kappa shape index (κ3) is 2.88. The quantitative estimate of drug-likeness (QED) is 0.905. The average Bonchev–Trinajstić information content (AvgIpc) is 2.88. The molecule has 0 fully saturated rings. The van der Waals surface area contributed by atoms with Crippen LogP contribution in [0.25, 0.3) is 0 Å². The highest BCUT2D eigenvalue weighted by atomic mass is 32.2. The molecule has 2 rings (SSSR count). The van der Waals surface area contributed by atoms with E-state index in [1.807, 2.05) is 0 Å². The maximum absolute atomic E-state index is 12.6. The second-order valence-electron chi connectivity index (χ2n) is 4.61. The minimum atomic E-state index is -3.68. The van der Waals surface area contributed by atoms with Crippen molar-refractivity contribution >= 4 is 15.7 Å². The van der Waals surface area contributed by atoms with Crippen molar-refractivity contribution in [2.24, 2.45) is 7.05 Å². The van der Waals surface area contributed by atoms with Crippen molar-refractivity contribution in [1.29, 1.82) is 0 Å². The van der Waals surface area contributed by atoms with E-state index in [9.17, 15) is 13.5 Å². The highest BCUT2D eigenvalue weighted by Gasteiger charge is 2.23. The first-order valence-electron chi connectivity index (χ1n) is 6.29. The smallest absolute Gasteiger partial charge is 0.265 e. The molecule has 0 unspecified atom stereocenters. The van der Waals surface area contributed by atoms with Crippen LogP contribution in [-0.2, 0) is 23.7 Å². The Bertz CT molecular complexity index is 737. The number of methoxy groups -OCH3 is 1. The average molecular weight is 310 g/mol. The van der Waals surface area contributed by atoms with Crippen molar-refractivity contribution in [3.63, 3.8) is 0 Å². The van der Waals surface area contributed by atoms with Gasteiger partial charge in [-0.05, 0) is 18.2 Å². The summed E-state index contributed by atoms with van der Waals surface area (Å²) in [5.74, 6) is 0.582. The molecule has 0 aliphatic rings. The monoisotopic (exact) mass is 310 g/mol. The summed E-state index contributed by atoms with van der Waals surface area (Å²) in [5.41, 5.74) is 1.04. The highest BCUT2D eigenvalue weighted by Crippen LogP contribution is 2.26. The van der Waals surface area contributed by atoms with Gasteiger partial charge in [-0.15, -0.1) is 0 Å². The van der Waals surface area contributed by atoms with Crippen LogP contribution in [0.3, 0.4) is 0 Å². The van der Waals surface area contributed by atoms with E-state index in [2.05, 4.69) is 0 Å². The minimum absolute atomic E-state index is 0.138. The number of anilines is 1. The van der Waals surface area contributed by atoms with Crippen LogP contribution in [0.1, 0.15) is 5.69 Å². The molecule has 0 spiro atoms. The van der Waals surface area contributed by atoms with Gasteiger partial charge in [0.15, 0.2) is 0 Å². The number of hydrogen-bond donors (Lipinski definition) is 1. The van der Waals surface area contributed by atoms with Gasteiger partial charge < -0.3 is 14.4 Å². The number of aliphatic hydroxyl groups excluding tert-OH is 1.